The third-order valence-electron chi connectivity index (χ3n) is 4.01. The maximum atomic E-state index is 12.9. The number of carboxylic acid groups (broad SMARTS) is 1. The number of hydrogen-bond donors (Lipinski definition) is 1. The zero-order valence-corrected chi connectivity index (χ0v) is 16.4. The first-order chi connectivity index (χ1) is 12.7. The summed E-state index contributed by atoms with van der Waals surface area (Å²) in [7, 11) is -5.14. The summed E-state index contributed by atoms with van der Waals surface area (Å²) in [5.41, 5.74) is 2.16. The molecule has 0 radical (unpaired) electrons. The number of carbonyl (C=O) groups is 1. The molecule has 0 aliphatic rings. The van der Waals surface area contributed by atoms with E-state index >= 15 is 0 Å². The van der Waals surface area contributed by atoms with Crippen molar-refractivity contribution in [2.45, 2.75) is 6.16 Å². The molecule has 0 unspecified atom stereocenters. The minimum Gasteiger partial charge on any atom is -0.478 e. The number of aromatic carboxylic acids is 1. The smallest absolute Gasteiger partial charge is 0.407 e. The highest BCUT2D eigenvalue weighted by Crippen LogP contribution is 2.53. The summed E-state index contributed by atoms with van der Waals surface area (Å²) < 4.78 is 37.1. The lowest BCUT2D eigenvalue weighted by Crippen LogP contribution is -1.95. The van der Waals surface area contributed by atoms with Crippen molar-refractivity contribution in [1.82, 2.24) is 0 Å². The molecule has 1 N–H and O–H groups in total. The van der Waals surface area contributed by atoms with Crippen LogP contribution in [0.2, 0.25) is 0 Å². The van der Waals surface area contributed by atoms with E-state index < -0.39 is 19.9 Å². The summed E-state index contributed by atoms with van der Waals surface area (Å²) in [5.74, 6) is -0.984. The number of fused-ring (bicyclic) bond motifs is 1. The van der Waals surface area contributed by atoms with Gasteiger partial charge in [-0.25, -0.2) is 9.36 Å². The summed E-state index contributed by atoms with van der Waals surface area (Å²) in [6.45, 7) is 0. The molecule has 0 amide bonds. The molecule has 0 bridgehead atoms. The number of hydrogen-bond acceptors (Lipinski definition) is 2. The molecule has 3 nitrogen and oxygen atoms in total. The van der Waals surface area contributed by atoms with Crippen LogP contribution in [0.4, 0.5) is 8.39 Å². The van der Waals surface area contributed by atoms with Crippen LogP contribution < -0.4 is 0 Å². The van der Waals surface area contributed by atoms with Crippen LogP contribution in [-0.4, -0.2) is 11.1 Å². The summed E-state index contributed by atoms with van der Waals surface area (Å²) in [6.07, 6.45) is 2.89. The molecule has 3 aromatic rings. The Hall–Kier alpha value is -2.30. The van der Waals surface area contributed by atoms with E-state index in [1.807, 2.05) is 18.2 Å². The summed E-state index contributed by atoms with van der Waals surface area (Å²) in [5, 5.41) is 10.6. The second-order valence-corrected chi connectivity index (χ2v) is 8.26. The lowest BCUT2D eigenvalue weighted by atomic mass is 10.0. The van der Waals surface area contributed by atoms with Crippen molar-refractivity contribution in [3.8, 4) is 0 Å². The van der Waals surface area contributed by atoms with Gasteiger partial charge in [-0.05, 0) is 61.6 Å². The van der Waals surface area contributed by atoms with Gasteiger partial charge >= 0.3 is 13.7 Å². The quantitative estimate of drug-likeness (QED) is 0.333. The monoisotopic (exact) mass is 450 g/mol. The Balaban J connectivity index is 1.91. The average molecular weight is 451 g/mol. The molecule has 3 rings (SSSR count). The van der Waals surface area contributed by atoms with Crippen LogP contribution in [-0.2, 0) is 10.7 Å². The first kappa shape index (κ1) is 19.5. The van der Waals surface area contributed by atoms with E-state index in [4.69, 9.17) is 5.11 Å². The van der Waals surface area contributed by atoms with E-state index in [0.29, 0.717) is 10.0 Å². The Kier molecular flexibility index (Phi) is 5.59. The minimum absolute atomic E-state index is 0.213. The van der Waals surface area contributed by atoms with Crippen LogP contribution >= 0.6 is 23.7 Å². The van der Waals surface area contributed by atoms with E-state index in [1.54, 1.807) is 42.5 Å². The van der Waals surface area contributed by atoms with Gasteiger partial charge in [-0.3, -0.25) is 0 Å². The first-order valence-corrected chi connectivity index (χ1v) is 10.4. The molecule has 0 saturated carbocycles. The molecule has 27 heavy (non-hydrogen) atoms. The van der Waals surface area contributed by atoms with Gasteiger partial charge in [0.15, 0.2) is 0 Å². The average Bonchev–Trinajstić information content (AvgIpc) is 2.61. The molecule has 3 aromatic carbocycles. The summed E-state index contributed by atoms with van der Waals surface area (Å²) in [6, 6.07) is 15.4. The molecule has 0 saturated heterocycles. The van der Waals surface area contributed by atoms with Gasteiger partial charge in [-0.15, -0.1) is 0 Å². The van der Waals surface area contributed by atoms with Gasteiger partial charge in [0, 0.05) is 4.47 Å². The second kappa shape index (κ2) is 7.75. The van der Waals surface area contributed by atoms with E-state index in [2.05, 4.69) is 15.9 Å². The molecular formula is C20H14BrF2O3P. The zero-order chi connectivity index (χ0) is 19.6. The Bertz CT molecular complexity index is 1110. The van der Waals surface area contributed by atoms with Crippen LogP contribution in [0.5, 0.6) is 0 Å². The number of halogens is 3. The highest BCUT2D eigenvalue weighted by molar-refractivity contribution is 9.10. The predicted octanol–water partition coefficient (Wildman–Crippen LogP) is 7.10. The Morgan fingerprint density at radius 2 is 1.74 bits per heavy atom. The molecule has 0 aliphatic heterocycles. The van der Waals surface area contributed by atoms with Crippen LogP contribution in [0.15, 0.2) is 59.1 Å². The van der Waals surface area contributed by atoms with Crippen LogP contribution in [0.3, 0.4) is 0 Å². The molecule has 138 valence electrons. The Morgan fingerprint density at radius 3 is 2.41 bits per heavy atom. The molecular weight excluding hydrogens is 437 g/mol. The molecule has 0 heterocycles. The number of carboxylic acids is 1. The predicted molar refractivity (Wildman–Crippen MR) is 108 cm³/mol. The molecule has 7 heteroatoms. The topological polar surface area (TPSA) is 54.4 Å². The zero-order valence-electron chi connectivity index (χ0n) is 13.9. The van der Waals surface area contributed by atoms with Gasteiger partial charge in [0.2, 0.25) is 0 Å². The van der Waals surface area contributed by atoms with Gasteiger partial charge in [0.1, 0.15) is 0 Å². The SMILES string of the molecule is O=C(O)c1cccc(/C=C/c2ccc3c(Br)c(CP(=O)(F)F)ccc3c2)c1. The number of rotatable bonds is 5. The highest BCUT2D eigenvalue weighted by Gasteiger charge is 2.21. The highest BCUT2D eigenvalue weighted by atomic mass is 79.9. The Morgan fingerprint density at radius 1 is 1.04 bits per heavy atom. The summed E-state index contributed by atoms with van der Waals surface area (Å²) in [4.78, 5) is 11.0. The third kappa shape index (κ3) is 4.90. The maximum absolute atomic E-state index is 12.9. The van der Waals surface area contributed by atoms with Gasteiger partial charge in [-0.1, -0.05) is 48.6 Å². The number of benzene rings is 3. The molecule has 0 spiro atoms. The van der Waals surface area contributed by atoms with Crippen LogP contribution in [0, 0.1) is 0 Å². The minimum atomic E-state index is -5.14. The van der Waals surface area contributed by atoms with Gasteiger partial charge in [0.25, 0.3) is 0 Å². The normalized spacial score (nSPS) is 12.0. The maximum Gasteiger partial charge on any atom is 0.407 e. The van der Waals surface area contributed by atoms with Gasteiger partial charge in [-0.2, -0.15) is 8.39 Å². The fraction of sp³-hybridized carbons (Fsp3) is 0.0500. The van der Waals surface area contributed by atoms with E-state index in [9.17, 15) is 17.8 Å². The van der Waals surface area contributed by atoms with E-state index in [-0.39, 0.29) is 5.56 Å². The van der Waals surface area contributed by atoms with Gasteiger partial charge in [0.05, 0.1) is 11.7 Å². The Labute approximate surface area is 163 Å². The standard InChI is InChI=1S/C20H14BrF2O3P/c21-19-17(12-27(22,23)26)8-7-15-10-14(6-9-18(15)19)5-4-13-2-1-3-16(11-13)20(24)25/h1-11H,12H2,(H,24,25)/b5-4+. The second-order valence-electron chi connectivity index (χ2n) is 6.01. The molecule has 0 aliphatic carbocycles. The fourth-order valence-corrected chi connectivity index (χ4v) is 4.26. The lowest BCUT2D eigenvalue weighted by molar-refractivity contribution is 0.0697. The third-order valence-corrected chi connectivity index (χ3v) is 5.66. The van der Waals surface area contributed by atoms with Gasteiger partial charge < -0.3 is 5.11 Å². The van der Waals surface area contributed by atoms with Crippen LogP contribution in [0.25, 0.3) is 22.9 Å². The van der Waals surface area contributed by atoms with Crippen molar-refractivity contribution in [3.05, 3.63) is 81.3 Å². The van der Waals surface area contributed by atoms with E-state index in [0.717, 1.165) is 21.9 Å². The van der Waals surface area contributed by atoms with Crippen molar-refractivity contribution in [2.24, 2.45) is 0 Å². The van der Waals surface area contributed by atoms with Crippen molar-refractivity contribution >= 4 is 52.6 Å². The van der Waals surface area contributed by atoms with Crippen molar-refractivity contribution in [2.75, 3.05) is 0 Å². The van der Waals surface area contributed by atoms with Crippen LogP contribution in [0.1, 0.15) is 27.0 Å². The first-order valence-electron chi connectivity index (χ1n) is 7.94. The van der Waals surface area contributed by atoms with E-state index in [1.165, 1.54) is 6.07 Å². The lowest BCUT2D eigenvalue weighted by Gasteiger charge is -2.08. The molecule has 0 aromatic heterocycles. The molecule has 0 fully saturated rings. The van der Waals surface area contributed by atoms with Crippen molar-refractivity contribution < 1.29 is 22.9 Å². The van der Waals surface area contributed by atoms with Crippen molar-refractivity contribution in [1.29, 1.82) is 0 Å². The largest absolute Gasteiger partial charge is 0.478 e. The van der Waals surface area contributed by atoms with Crippen molar-refractivity contribution in [3.63, 3.8) is 0 Å². The fourth-order valence-electron chi connectivity index (χ4n) is 2.75. The molecule has 0 atom stereocenters. The summed E-state index contributed by atoms with van der Waals surface area (Å²) >= 11 is 3.33.